The van der Waals surface area contributed by atoms with Gasteiger partial charge in [0.05, 0.1) is 0 Å². The average molecular weight is 332 g/mol. The second-order valence-electron chi connectivity index (χ2n) is 5.19. The monoisotopic (exact) mass is 331 g/mol. The first-order chi connectivity index (χ1) is 9.38. The predicted octanol–water partition coefficient (Wildman–Crippen LogP) is 4.94. The fourth-order valence-corrected chi connectivity index (χ4v) is 2.96. The van der Waals surface area contributed by atoms with E-state index in [1.807, 2.05) is 58.0 Å². The Morgan fingerprint density at radius 1 is 0.950 bits per heavy atom. The van der Waals surface area contributed by atoms with Crippen LogP contribution in [-0.2, 0) is 0 Å². The summed E-state index contributed by atoms with van der Waals surface area (Å²) in [6, 6.07) is 9.93. The molecular formula is C17H18BrNO. The van der Waals surface area contributed by atoms with Crippen LogP contribution in [-0.4, -0.2) is 5.91 Å². The summed E-state index contributed by atoms with van der Waals surface area (Å²) < 4.78 is 1.03. The maximum Gasteiger partial charge on any atom is 0.255 e. The number of hydrogen-bond donors (Lipinski definition) is 1. The Kier molecular flexibility index (Phi) is 4.29. The molecule has 2 nitrogen and oxygen atoms in total. The van der Waals surface area contributed by atoms with E-state index in [1.54, 1.807) is 0 Å². The molecule has 1 amide bonds. The van der Waals surface area contributed by atoms with Gasteiger partial charge in [-0.05, 0) is 62.6 Å². The van der Waals surface area contributed by atoms with Crippen molar-refractivity contribution in [3.05, 3.63) is 62.6 Å². The van der Waals surface area contributed by atoms with E-state index >= 15 is 0 Å². The Morgan fingerprint density at radius 3 is 2.15 bits per heavy atom. The normalized spacial score (nSPS) is 10.4. The van der Waals surface area contributed by atoms with Crippen molar-refractivity contribution in [1.29, 1.82) is 0 Å². The van der Waals surface area contributed by atoms with Crippen LogP contribution < -0.4 is 5.32 Å². The van der Waals surface area contributed by atoms with Crippen molar-refractivity contribution >= 4 is 27.5 Å². The largest absolute Gasteiger partial charge is 0.321 e. The van der Waals surface area contributed by atoms with Crippen molar-refractivity contribution in [2.45, 2.75) is 27.7 Å². The lowest BCUT2D eigenvalue weighted by molar-refractivity contribution is 0.102. The molecule has 0 aromatic heterocycles. The van der Waals surface area contributed by atoms with Gasteiger partial charge in [0.15, 0.2) is 0 Å². The first-order valence-electron chi connectivity index (χ1n) is 6.54. The summed E-state index contributed by atoms with van der Waals surface area (Å²) >= 11 is 3.47. The Balaban J connectivity index is 2.35. The lowest BCUT2D eigenvalue weighted by Crippen LogP contribution is -2.15. The van der Waals surface area contributed by atoms with Crippen molar-refractivity contribution in [2.24, 2.45) is 0 Å². The second-order valence-corrected chi connectivity index (χ2v) is 6.10. The highest BCUT2D eigenvalue weighted by molar-refractivity contribution is 9.10. The molecule has 0 atom stereocenters. The van der Waals surface area contributed by atoms with Crippen molar-refractivity contribution in [1.82, 2.24) is 0 Å². The second kappa shape index (κ2) is 5.80. The molecule has 1 N–H and O–H groups in total. The molecular weight excluding hydrogens is 314 g/mol. The zero-order valence-electron chi connectivity index (χ0n) is 12.2. The van der Waals surface area contributed by atoms with Gasteiger partial charge in [-0.15, -0.1) is 0 Å². The summed E-state index contributed by atoms with van der Waals surface area (Å²) in [4.78, 5) is 12.5. The van der Waals surface area contributed by atoms with Gasteiger partial charge in [0.25, 0.3) is 5.91 Å². The number of anilines is 1. The number of carbonyl (C=O) groups excluding carboxylic acids is 1. The van der Waals surface area contributed by atoms with Crippen molar-refractivity contribution in [2.75, 3.05) is 5.32 Å². The number of halogens is 1. The summed E-state index contributed by atoms with van der Waals surface area (Å²) in [5.41, 5.74) is 5.79. The van der Waals surface area contributed by atoms with Crippen LogP contribution >= 0.6 is 15.9 Å². The third-order valence-electron chi connectivity index (χ3n) is 3.37. The molecule has 2 rings (SSSR count). The number of aryl methyl sites for hydroxylation is 4. The van der Waals surface area contributed by atoms with E-state index in [9.17, 15) is 4.79 Å². The highest BCUT2D eigenvalue weighted by atomic mass is 79.9. The molecule has 0 aliphatic rings. The molecule has 0 unspecified atom stereocenters. The zero-order chi connectivity index (χ0) is 14.9. The highest BCUT2D eigenvalue weighted by Crippen LogP contribution is 2.26. The molecule has 0 spiro atoms. The first-order valence-corrected chi connectivity index (χ1v) is 7.33. The quantitative estimate of drug-likeness (QED) is 0.830. The van der Waals surface area contributed by atoms with Crippen molar-refractivity contribution in [3.8, 4) is 0 Å². The lowest BCUT2D eigenvalue weighted by atomic mass is 10.0. The van der Waals surface area contributed by atoms with Crippen molar-refractivity contribution < 1.29 is 4.79 Å². The molecule has 0 aliphatic carbocycles. The Labute approximate surface area is 128 Å². The fourth-order valence-electron chi connectivity index (χ4n) is 2.27. The predicted molar refractivity (Wildman–Crippen MR) is 87.5 cm³/mol. The third kappa shape index (κ3) is 3.10. The summed E-state index contributed by atoms with van der Waals surface area (Å²) in [5, 5.41) is 3.03. The average Bonchev–Trinajstić information content (AvgIpc) is 2.36. The van der Waals surface area contributed by atoms with Gasteiger partial charge in [0.1, 0.15) is 0 Å². The van der Waals surface area contributed by atoms with Crippen LogP contribution in [0, 0.1) is 27.7 Å². The minimum atomic E-state index is -0.0558. The van der Waals surface area contributed by atoms with Gasteiger partial charge in [-0.2, -0.15) is 0 Å². The molecule has 104 valence electrons. The van der Waals surface area contributed by atoms with Crippen LogP contribution in [0.2, 0.25) is 0 Å². The van der Waals surface area contributed by atoms with Crippen LogP contribution in [0.5, 0.6) is 0 Å². The first kappa shape index (κ1) is 14.8. The molecule has 3 heteroatoms. The van der Waals surface area contributed by atoms with E-state index in [0.717, 1.165) is 38.0 Å². The molecule has 0 aliphatic heterocycles. The smallest absolute Gasteiger partial charge is 0.255 e. The minimum absolute atomic E-state index is 0.0558. The van der Waals surface area contributed by atoms with Gasteiger partial charge in [-0.3, -0.25) is 4.79 Å². The van der Waals surface area contributed by atoms with Gasteiger partial charge in [-0.25, -0.2) is 0 Å². The van der Waals surface area contributed by atoms with E-state index in [-0.39, 0.29) is 5.91 Å². The number of nitrogens with one attached hydrogen (secondary N) is 1. The summed E-state index contributed by atoms with van der Waals surface area (Å²) in [6.45, 7) is 7.94. The van der Waals surface area contributed by atoms with Gasteiger partial charge in [-0.1, -0.05) is 33.6 Å². The third-order valence-corrected chi connectivity index (χ3v) is 3.83. The SMILES string of the molecule is Cc1ccc(C)c(C(=O)Nc2c(C)cc(Br)cc2C)c1. The van der Waals surface area contributed by atoms with Gasteiger partial charge >= 0.3 is 0 Å². The van der Waals surface area contributed by atoms with Crippen LogP contribution in [0.25, 0.3) is 0 Å². The maximum atomic E-state index is 12.5. The molecule has 0 fully saturated rings. The Morgan fingerprint density at radius 2 is 1.55 bits per heavy atom. The molecule has 0 radical (unpaired) electrons. The van der Waals surface area contributed by atoms with Crippen LogP contribution in [0.4, 0.5) is 5.69 Å². The highest BCUT2D eigenvalue weighted by Gasteiger charge is 2.12. The molecule has 0 saturated heterocycles. The number of carbonyl (C=O) groups is 1. The van der Waals surface area contributed by atoms with Crippen LogP contribution in [0.1, 0.15) is 32.6 Å². The van der Waals surface area contributed by atoms with E-state index in [0.29, 0.717) is 0 Å². The molecule has 2 aromatic carbocycles. The summed E-state index contributed by atoms with van der Waals surface area (Å²) in [7, 11) is 0. The van der Waals surface area contributed by atoms with E-state index < -0.39 is 0 Å². The standard InChI is InChI=1S/C17H18BrNO/c1-10-5-6-11(2)15(7-10)17(20)19-16-12(3)8-14(18)9-13(16)4/h5-9H,1-4H3,(H,19,20). The molecule has 2 aromatic rings. The minimum Gasteiger partial charge on any atom is -0.321 e. The Bertz CT molecular complexity index is 654. The summed E-state index contributed by atoms with van der Waals surface area (Å²) in [5.74, 6) is -0.0558. The van der Waals surface area contributed by atoms with E-state index in [2.05, 4.69) is 21.2 Å². The number of rotatable bonds is 2. The lowest BCUT2D eigenvalue weighted by Gasteiger charge is -2.14. The van der Waals surface area contributed by atoms with Gasteiger partial charge < -0.3 is 5.32 Å². The number of benzene rings is 2. The van der Waals surface area contributed by atoms with Gasteiger partial charge in [0, 0.05) is 15.7 Å². The summed E-state index contributed by atoms with van der Waals surface area (Å²) in [6.07, 6.45) is 0. The molecule has 0 heterocycles. The fraction of sp³-hybridized carbons (Fsp3) is 0.235. The molecule has 0 bridgehead atoms. The van der Waals surface area contributed by atoms with Crippen LogP contribution in [0.15, 0.2) is 34.8 Å². The Hall–Kier alpha value is -1.61. The number of hydrogen-bond acceptors (Lipinski definition) is 1. The van der Waals surface area contributed by atoms with Crippen LogP contribution in [0.3, 0.4) is 0 Å². The van der Waals surface area contributed by atoms with E-state index in [4.69, 9.17) is 0 Å². The van der Waals surface area contributed by atoms with Gasteiger partial charge in [0.2, 0.25) is 0 Å². The molecule has 0 saturated carbocycles. The van der Waals surface area contributed by atoms with Crippen molar-refractivity contribution in [3.63, 3.8) is 0 Å². The number of amides is 1. The maximum absolute atomic E-state index is 12.5. The zero-order valence-corrected chi connectivity index (χ0v) is 13.8. The van der Waals surface area contributed by atoms with E-state index in [1.165, 1.54) is 0 Å². The molecule has 20 heavy (non-hydrogen) atoms. The topological polar surface area (TPSA) is 29.1 Å².